The van der Waals surface area contributed by atoms with E-state index in [4.69, 9.17) is 0 Å². The van der Waals surface area contributed by atoms with E-state index in [-0.39, 0.29) is 18.1 Å². The van der Waals surface area contributed by atoms with Crippen molar-refractivity contribution in [2.75, 3.05) is 11.9 Å². The molecular weight excluding hydrogens is 417 g/mol. The number of carbonyl (C=O) groups is 1. The summed E-state index contributed by atoms with van der Waals surface area (Å²) in [7, 11) is 1.65. The molecule has 0 aliphatic heterocycles. The van der Waals surface area contributed by atoms with Crippen molar-refractivity contribution >= 4 is 33.1 Å². The monoisotopic (exact) mass is 437 g/mol. The normalized spacial score (nSPS) is 11.1. The van der Waals surface area contributed by atoms with E-state index in [0.29, 0.717) is 21.5 Å². The van der Waals surface area contributed by atoms with Gasteiger partial charge in [-0.3, -0.25) is 14.2 Å². The zero-order chi connectivity index (χ0) is 22.3. The number of amides is 1. The number of hydrogen-bond donors (Lipinski definition) is 0. The summed E-state index contributed by atoms with van der Waals surface area (Å²) < 4.78 is 16.4. The predicted molar refractivity (Wildman–Crippen MR) is 121 cm³/mol. The topological polar surface area (TPSA) is 64.3 Å². The second-order valence-corrected chi connectivity index (χ2v) is 8.29. The van der Waals surface area contributed by atoms with Gasteiger partial charge in [0, 0.05) is 12.7 Å². The summed E-state index contributed by atoms with van der Waals surface area (Å²) in [6.45, 7) is 3.26. The van der Waals surface area contributed by atoms with Gasteiger partial charge in [-0.2, -0.15) is 0 Å². The largest absolute Gasteiger partial charge is 0.336 e. The van der Waals surface area contributed by atoms with Crippen molar-refractivity contribution in [2.45, 2.75) is 20.4 Å². The molecule has 6 nitrogen and oxygen atoms in total. The SMILES string of the molecule is Cc1cccc(N(C)C(=O)Cn2c(=O)n(-c3ccc(F)c(C)c3)c(=O)c3sccc32)c1. The Balaban J connectivity index is 1.84. The van der Waals surface area contributed by atoms with Crippen LogP contribution in [0.3, 0.4) is 0 Å². The molecule has 0 spiro atoms. The minimum absolute atomic E-state index is 0.239. The summed E-state index contributed by atoms with van der Waals surface area (Å²) in [5, 5.41) is 1.71. The third kappa shape index (κ3) is 3.70. The van der Waals surface area contributed by atoms with Gasteiger partial charge in [-0.1, -0.05) is 12.1 Å². The zero-order valence-electron chi connectivity index (χ0n) is 17.3. The molecule has 0 saturated heterocycles. The van der Waals surface area contributed by atoms with Crippen LogP contribution >= 0.6 is 11.3 Å². The minimum atomic E-state index is -0.645. The summed E-state index contributed by atoms with van der Waals surface area (Å²) in [6.07, 6.45) is 0. The Morgan fingerprint density at radius 2 is 1.87 bits per heavy atom. The van der Waals surface area contributed by atoms with Crippen LogP contribution in [0.15, 0.2) is 63.5 Å². The summed E-state index contributed by atoms with van der Waals surface area (Å²) in [6, 6.07) is 13.2. The molecule has 0 radical (unpaired) electrons. The second kappa shape index (κ2) is 7.96. The van der Waals surface area contributed by atoms with Crippen molar-refractivity contribution in [2.24, 2.45) is 0 Å². The number of likely N-dealkylation sites (N-methyl/N-ethyl adjacent to an activating group) is 1. The Morgan fingerprint density at radius 1 is 1.10 bits per heavy atom. The van der Waals surface area contributed by atoms with Crippen molar-refractivity contribution in [1.82, 2.24) is 9.13 Å². The molecule has 2 heterocycles. The molecule has 0 atom stereocenters. The fourth-order valence-electron chi connectivity index (χ4n) is 3.46. The van der Waals surface area contributed by atoms with E-state index in [0.717, 1.165) is 10.1 Å². The number of nitrogens with zero attached hydrogens (tertiary/aromatic N) is 3. The molecule has 4 rings (SSSR count). The molecule has 0 aliphatic carbocycles. The molecule has 158 valence electrons. The average molecular weight is 437 g/mol. The van der Waals surface area contributed by atoms with E-state index in [1.54, 1.807) is 25.4 Å². The molecule has 0 fully saturated rings. The Bertz CT molecular complexity index is 1430. The van der Waals surface area contributed by atoms with Gasteiger partial charge >= 0.3 is 5.69 Å². The van der Waals surface area contributed by atoms with Crippen LogP contribution in [0.4, 0.5) is 10.1 Å². The number of benzene rings is 2. The highest BCUT2D eigenvalue weighted by Crippen LogP contribution is 2.19. The van der Waals surface area contributed by atoms with Crippen LogP contribution in [0.2, 0.25) is 0 Å². The summed E-state index contributed by atoms with van der Waals surface area (Å²) in [4.78, 5) is 40.8. The Morgan fingerprint density at radius 3 is 2.58 bits per heavy atom. The third-order valence-corrected chi connectivity index (χ3v) is 6.10. The van der Waals surface area contributed by atoms with Crippen molar-refractivity contribution < 1.29 is 9.18 Å². The fraction of sp³-hybridized carbons (Fsp3) is 0.174. The molecule has 8 heteroatoms. The van der Waals surface area contributed by atoms with Gasteiger partial charge in [0.25, 0.3) is 5.56 Å². The number of rotatable bonds is 4. The highest BCUT2D eigenvalue weighted by atomic mass is 32.1. The van der Waals surface area contributed by atoms with Crippen LogP contribution in [-0.4, -0.2) is 22.1 Å². The number of aromatic nitrogens is 2. The van der Waals surface area contributed by atoms with Gasteiger partial charge in [-0.05, 0) is 66.8 Å². The smallest absolute Gasteiger partial charge is 0.314 e. The van der Waals surface area contributed by atoms with E-state index >= 15 is 0 Å². The van der Waals surface area contributed by atoms with Crippen molar-refractivity contribution in [3.05, 3.63) is 91.7 Å². The zero-order valence-corrected chi connectivity index (χ0v) is 18.1. The van der Waals surface area contributed by atoms with E-state index < -0.39 is 17.1 Å². The van der Waals surface area contributed by atoms with Crippen molar-refractivity contribution in [3.63, 3.8) is 0 Å². The second-order valence-electron chi connectivity index (χ2n) is 7.37. The molecule has 2 aromatic heterocycles. The van der Waals surface area contributed by atoms with Crippen LogP contribution in [0.5, 0.6) is 0 Å². The lowest BCUT2D eigenvalue weighted by Crippen LogP contribution is -2.41. The lowest BCUT2D eigenvalue weighted by atomic mass is 10.2. The predicted octanol–water partition coefficient (Wildman–Crippen LogP) is 3.63. The Kier molecular flexibility index (Phi) is 5.32. The molecule has 0 unspecified atom stereocenters. The van der Waals surface area contributed by atoms with Crippen LogP contribution in [0.1, 0.15) is 11.1 Å². The first-order valence-electron chi connectivity index (χ1n) is 9.60. The van der Waals surface area contributed by atoms with Gasteiger partial charge in [0.1, 0.15) is 17.1 Å². The number of fused-ring (bicyclic) bond motifs is 1. The summed E-state index contributed by atoms with van der Waals surface area (Å²) in [5.41, 5.74) is 1.57. The number of thiophene rings is 1. The van der Waals surface area contributed by atoms with Crippen LogP contribution in [0.25, 0.3) is 15.9 Å². The molecule has 4 aromatic rings. The standard InChI is InChI=1S/C23H20FN3O3S/c1-14-5-4-6-16(11-14)25(3)20(28)13-26-19-9-10-31-21(19)22(29)27(23(26)30)17-7-8-18(24)15(2)12-17/h4-12H,13H2,1-3H3. The van der Waals surface area contributed by atoms with Crippen LogP contribution in [0, 0.1) is 19.7 Å². The van der Waals surface area contributed by atoms with Gasteiger partial charge in [-0.25, -0.2) is 13.8 Å². The van der Waals surface area contributed by atoms with Gasteiger partial charge in [0.05, 0.1) is 11.2 Å². The van der Waals surface area contributed by atoms with Crippen molar-refractivity contribution in [1.29, 1.82) is 0 Å². The molecule has 1 amide bonds. The molecule has 0 bridgehead atoms. The first-order chi connectivity index (χ1) is 14.8. The van der Waals surface area contributed by atoms with Gasteiger partial charge in [-0.15, -0.1) is 11.3 Å². The highest BCUT2D eigenvalue weighted by molar-refractivity contribution is 7.17. The van der Waals surface area contributed by atoms with Crippen LogP contribution < -0.4 is 16.1 Å². The van der Waals surface area contributed by atoms with Gasteiger partial charge in [0.2, 0.25) is 5.91 Å². The molecule has 0 aliphatic rings. The van der Waals surface area contributed by atoms with E-state index in [1.165, 1.54) is 39.0 Å². The lowest BCUT2D eigenvalue weighted by Gasteiger charge is -2.19. The first-order valence-corrected chi connectivity index (χ1v) is 10.5. The minimum Gasteiger partial charge on any atom is -0.314 e. The summed E-state index contributed by atoms with van der Waals surface area (Å²) in [5.74, 6) is -0.732. The van der Waals surface area contributed by atoms with Crippen molar-refractivity contribution in [3.8, 4) is 5.69 Å². The highest BCUT2D eigenvalue weighted by Gasteiger charge is 2.20. The third-order valence-electron chi connectivity index (χ3n) is 5.21. The van der Waals surface area contributed by atoms with Gasteiger partial charge < -0.3 is 4.90 Å². The maximum Gasteiger partial charge on any atom is 0.336 e. The number of halogens is 1. The molecule has 0 saturated carbocycles. The molecular formula is C23H20FN3O3S. The molecule has 31 heavy (non-hydrogen) atoms. The quantitative estimate of drug-likeness (QED) is 0.490. The Hall–Kier alpha value is -3.52. The maximum atomic E-state index is 13.7. The first kappa shape index (κ1) is 20.7. The summed E-state index contributed by atoms with van der Waals surface area (Å²) >= 11 is 1.19. The van der Waals surface area contributed by atoms with Gasteiger partial charge in [0.15, 0.2) is 0 Å². The number of carbonyl (C=O) groups excluding carboxylic acids is 1. The Labute approximate surface area is 181 Å². The van der Waals surface area contributed by atoms with E-state index in [1.807, 2.05) is 31.2 Å². The van der Waals surface area contributed by atoms with E-state index in [2.05, 4.69) is 0 Å². The molecule has 0 N–H and O–H groups in total. The van der Waals surface area contributed by atoms with Crippen LogP contribution in [-0.2, 0) is 11.3 Å². The number of anilines is 1. The fourth-order valence-corrected chi connectivity index (χ4v) is 4.28. The number of hydrogen-bond acceptors (Lipinski definition) is 4. The number of aryl methyl sites for hydroxylation is 2. The molecule has 2 aromatic carbocycles. The van der Waals surface area contributed by atoms with E-state index in [9.17, 15) is 18.8 Å². The lowest BCUT2D eigenvalue weighted by molar-refractivity contribution is -0.118. The maximum absolute atomic E-state index is 13.7. The average Bonchev–Trinajstić information content (AvgIpc) is 3.23.